The Bertz CT molecular complexity index is 1080. The lowest BCUT2D eigenvalue weighted by Gasteiger charge is -2.22. The number of amides is 1. The highest BCUT2D eigenvalue weighted by Gasteiger charge is 2.28. The quantitative estimate of drug-likeness (QED) is 0.648. The number of pyridine rings is 1. The number of benzene rings is 1. The smallest absolute Gasteiger partial charge is 0.261 e. The molecule has 0 aliphatic heterocycles. The van der Waals surface area contributed by atoms with E-state index in [1.165, 1.54) is 36.7 Å². The predicted octanol–water partition coefficient (Wildman–Crippen LogP) is 2.24. The molecule has 2 N–H and O–H groups in total. The first kappa shape index (κ1) is 19.5. The molecule has 0 saturated carbocycles. The van der Waals surface area contributed by atoms with Crippen molar-refractivity contribution in [3.05, 3.63) is 66.1 Å². The van der Waals surface area contributed by atoms with Crippen LogP contribution in [0.3, 0.4) is 0 Å². The topological polar surface area (TPSA) is 127 Å². The van der Waals surface area contributed by atoms with Gasteiger partial charge in [-0.1, -0.05) is 5.16 Å². The average molecular weight is 401 g/mol. The maximum atomic E-state index is 12.5. The molecule has 0 spiro atoms. The highest BCUT2D eigenvalue weighted by atomic mass is 32.2. The van der Waals surface area contributed by atoms with Crippen molar-refractivity contribution in [2.45, 2.75) is 31.2 Å². The van der Waals surface area contributed by atoms with Crippen LogP contribution in [0, 0.1) is 6.92 Å². The Morgan fingerprint density at radius 3 is 2.29 bits per heavy atom. The van der Waals surface area contributed by atoms with Gasteiger partial charge in [-0.2, -0.15) is 4.98 Å². The number of rotatable bonds is 6. The summed E-state index contributed by atoms with van der Waals surface area (Å²) < 4.78 is 32.3. The van der Waals surface area contributed by atoms with Gasteiger partial charge >= 0.3 is 0 Å². The lowest BCUT2D eigenvalue weighted by Crippen LogP contribution is -2.41. The number of hydrogen-bond donors (Lipinski definition) is 2. The summed E-state index contributed by atoms with van der Waals surface area (Å²) in [5.41, 5.74) is -0.159. The molecular weight excluding hydrogens is 382 g/mol. The molecule has 3 aromatic rings. The number of aryl methyl sites for hydroxylation is 1. The first-order valence-electron chi connectivity index (χ1n) is 8.34. The van der Waals surface area contributed by atoms with E-state index >= 15 is 0 Å². The number of carbonyl (C=O) groups excluding carboxylic acids is 1. The monoisotopic (exact) mass is 401 g/mol. The molecular formula is C18H19N5O4S. The third-order valence-electron chi connectivity index (χ3n) is 3.87. The molecule has 0 unspecified atom stereocenters. The van der Waals surface area contributed by atoms with Crippen molar-refractivity contribution in [1.82, 2.24) is 20.4 Å². The molecule has 0 bridgehead atoms. The van der Waals surface area contributed by atoms with Crippen molar-refractivity contribution in [3.63, 3.8) is 0 Å². The molecule has 1 amide bonds. The fraction of sp³-hybridized carbons (Fsp3) is 0.222. The normalized spacial score (nSPS) is 11.8. The molecule has 0 saturated heterocycles. The standard InChI is InChI=1S/C18H19N5O4S/c1-12-20-17(22-27-12)18(2,3)21-16(24)13-4-6-15(7-5-13)28(25,26)23-14-8-10-19-11-9-14/h4-11H,1-3H3,(H,19,23)(H,21,24). The Balaban J connectivity index is 1.74. The lowest BCUT2D eigenvalue weighted by atomic mass is 10.0. The van der Waals surface area contributed by atoms with E-state index in [1.807, 2.05) is 0 Å². The predicted molar refractivity (Wildman–Crippen MR) is 101 cm³/mol. The molecule has 0 aliphatic carbocycles. The van der Waals surface area contributed by atoms with Crippen LogP contribution >= 0.6 is 0 Å². The van der Waals surface area contributed by atoms with Crippen molar-refractivity contribution in [1.29, 1.82) is 0 Å². The van der Waals surface area contributed by atoms with Crippen LogP contribution in [0.15, 0.2) is 58.2 Å². The van der Waals surface area contributed by atoms with Crippen LogP contribution in [0.4, 0.5) is 5.69 Å². The molecule has 28 heavy (non-hydrogen) atoms. The van der Waals surface area contributed by atoms with Crippen molar-refractivity contribution in [3.8, 4) is 0 Å². The van der Waals surface area contributed by atoms with Gasteiger partial charge in [-0.15, -0.1) is 0 Å². The Kier molecular flexibility index (Phi) is 5.14. The van der Waals surface area contributed by atoms with E-state index < -0.39 is 21.5 Å². The van der Waals surface area contributed by atoms with Gasteiger partial charge in [0.1, 0.15) is 0 Å². The minimum atomic E-state index is -3.77. The van der Waals surface area contributed by atoms with Gasteiger partial charge < -0.3 is 9.84 Å². The van der Waals surface area contributed by atoms with Crippen molar-refractivity contribution < 1.29 is 17.7 Å². The van der Waals surface area contributed by atoms with Gasteiger partial charge in [0.05, 0.1) is 16.1 Å². The number of nitrogens with one attached hydrogen (secondary N) is 2. The third-order valence-corrected chi connectivity index (χ3v) is 5.27. The van der Waals surface area contributed by atoms with Crippen LogP contribution in [0.1, 0.15) is 35.9 Å². The van der Waals surface area contributed by atoms with Crippen molar-refractivity contribution in [2.75, 3.05) is 4.72 Å². The summed E-state index contributed by atoms with van der Waals surface area (Å²) in [6.45, 7) is 5.15. The summed E-state index contributed by atoms with van der Waals surface area (Å²) in [7, 11) is -3.77. The Hall–Kier alpha value is -3.27. The van der Waals surface area contributed by atoms with E-state index in [9.17, 15) is 13.2 Å². The van der Waals surface area contributed by atoms with E-state index in [4.69, 9.17) is 4.52 Å². The maximum absolute atomic E-state index is 12.5. The van der Waals surface area contributed by atoms with Gasteiger partial charge in [0.25, 0.3) is 15.9 Å². The number of anilines is 1. The van der Waals surface area contributed by atoms with E-state index in [1.54, 1.807) is 32.9 Å². The summed E-state index contributed by atoms with van der Waals surface area (Å²) in [6, 6.07) is 8.69. The maximum Gasteiger partial charge on any atom is 0.261 e. The minimum Gasteiger partial charge on any atom is -0.340 e. The van der Waals surface area contributed by atoms with Crippen LogP contribution in [0.5, 0.6) is 0 Å². The number of aromatic nitrogens is 3. The van der Waals surface area contributed by atoms with Crippen molar-refractivity contribution in [2.24, 2.45) is 0 Å². The van der Waals surface area contributed by atoms with Gasteiger partial charge in [-0.05, 0) is 50.2 Å². The lowest BCUT2D eigenvalue weighted by molar-refractivity contribution is 0.0907. The molecule has 2 aromatic heterocycles. The zero-order chi connectivity index (χ0) is 20.4. The summed E-state index contributed by atoms with van der Waals surface area (Å²) in [5.74, 6) is 0.353. The average Bonchev–Trinajstić information content (AvgIpc) is 3.09. The number of sulfonamides is 1. The van der Waals surface area contributed by atoms with Crippen LogP contribution in [-0.4, -0.2) is 29.4 Å². The largest absolute Gasteiger partial charge is 0.340 e. The number of nitrogens with zero attached hydrogens (tertiary/aromatic N) is 3. The second-order valence-corrected chi connectivity index (χ2v) is 8.26. The van der Waals surface area contributed by atoms with E-state index in [-0.39, 0.29) is 4.90 Å². The zero-order valence-corrected chi connectivity index (χ0v) is 16.3. The first-order chi connectivity index (χ1) is 13.2. The molecule has 146 valence electrons. The van der Waals surface area contributed by atoms with E-state index in [2.05, 4.69) is 25.2 Å². The van der Waals surface area contributed by atoms with Gasteiger partial charge in [0.15, 0.2) is 5.82 Å². The summed E-state index contributed by atoms with van der Waals surface area (Å²) in [5, 5.41) is 6.63. The molecule has 1 aromatic carbocycles. The van der Waals surface area contributed by atoms with Crippen LogP contribution in [0.2, 0.25) is 0 Å². The Morgan fingerprint density at radius 1 is 1.07 bits per heavy atom. The Labute approximate surface area is 162 Å². The van der Waals surface area contributed by atoms with Crippen LogP contribution in [0.25, 0.3) is 0 Å². The molecule has 9 nitrogen and oxygen atoms in total. The van der Waals surface area contributed by atoms with Gasteiger partial charge in [0, 0.05) is 24.9 Å². The SMILES string of the molecule is Cc1nc(C(C)(C)NC(=O)c2ccc(S(=O)(=O)Nc3ccncc3)cc2)no1. The molecule has 0 aliphatic rings. The Morgan fingerprint density at radius 2 is 1.71 bits per heavy atom. The van der Waals surface area contributed by atoms with Gasteiger partial charge in [-0.25, -0.2) is 8.42 Å². The molecule has 3 rings (SSSR count). The zero-order valence-electron chi connectivity index (χ0n) is 15.5. The molecule has 0 atom stereocenters. The number of carbonyl (C=O) groups is 1. The van der Waals surface area contributed by atoms with Crippen LogP contribution in [-0.2, 0) is 15.6 Å². The molecule has 2 heterocycles. The second-order valence-electron chi connectivity index (χ2n) is 6.58. The first-order valence-corrected chi connectivity index (χ1v) is 9.82. The fourth-order valence-electron chi connectivity index (χ4n) is 2.38. The third kappa shape index (κ3) is 4.34. The fourth-order valence-corrected chi connectivity index (χ4v) is 3.44. The van der Waals surface area contributed by atoms with Crippen LogP contribution < -0.4 is 10.0 Å². The highest BCUT2D eigenvalue weighted by molar-refractivity contribution is 7.92. The van der Waals surface area contributed by atoms with Gasteiger partial charge in [-0.3, -0.25) is 14.5 Å². The van der Waals surface area contributed by atoms with Gasteiger partial charge in [0.2, 0.25) is 5.89 Å². The highest BCUT2D eigenvalue weighted by Crippen LogP contribution is 2.19. The summed E-state index contributed by atoms with van der Waals surface area (Å²) in [6.07, 6.45) is 2.97. The van der Waals surface area contributed by atoms with E-state index in [0.717, 1.165) is 0 Å². The minimum absolute atomic E-state index is 0.0360. The molecule has 0 fully saturated rings. The van der Waals surface area contributed by atoms with Crippen molar-refractivity contribution >= 4 is 21.6 Å². The second kappa shape index (κ2) is 7.39. The summed E-state index contributed by atoms with van der Waals surface area (Å²) >= 11 is 0. The van der Waals surface area contributed by atoms with E-state index in [0.29, 0.717) is 23.0 Å². The molecule has 10 heteroatoms. The molecule has 0 radical (unpaired) electrons. The summed E-state index contributed by atoms with van der Waals surface area (Å²) in [4.78, 5) is 20.5. The number of hydrogen-bond acceptors (Lipinski definition) is 7.